The van der Waals surface area contributed by atoms with E-state index in [0.717, 1.165) is 11.1 Å². The molecule has 0 radical (unpaired) electrons. The predicted molar refractivity (Wildman–Crippen MR) is 102 cm³/mol. The molecule has 6 nitrogen and oxygen atoms in total. The summed E-state index contributed by atoms with van der Waals surface area (Å²) in [6.45, 7) is 1.76. The van der Waals surface area contributed by atoms with Gasteiger partial charge in [-0.2, -0.15) is 5.10 Å². The summed E-state index contributed by atoms with van der Waals surface area (Å²) >= 11 is 12.0. The first-order valence-corrected chi connectivity index (χ1v) is 8.79. The Bertz CT molecular complexity index is 857. The van der Waals surface area contributed by atoms with Gasteiger partial charge in [0.1, 0.15) is 11.8 Å². The van der Waals surface area contributed by atoms with Crippen LogP contribution < -0.4 is 16.3 Å². The van der Waals surface area contributed by atoms with Crippen molar-refractivity contribution in [1.82, 2.24) is 16.3 Å². The normalized spacial score (nSPS) is 20.2. The number of amides is 1. The van der Waals surface area contributed by atoms with E-state index in [1.807, 2.05) is 6.07 Å². The maximum atomic E-state index is 12.3. The molecule has 2 unspecified atom stereocenters. The minimum absolute atomic E-state index is 0.0586. The van der Waals surface area contributed by atoms with Gasteiger partial charge in [0, 0.05) is 11.6 Å². The van der Waals surface area contributed by atoms with E-state index < -0.39 is 6.04 Å². The number of hydrazine groups is 1. The topological polar surface area (TPSA) is 85.8 Å². The maximum Gasteiger partial charge on any atom is 0.258 e. The van der Waals surface area contributed by atoms with E-state index in [2.05, 4.69) is 21.4 Å². The fourth-order valence-electron chi connectivity index (χ4n) is 2.69. The SMILES string of the molecule is C/C(=N/NC(=O)C1CC(c2ccc(Cl)c(Cl)c2)NN1)c1cccc(O)c1. The lowest BCUT2D eigenvalue weighted by Crippen LogP contribution is -2.41. The first-order valence-electron chi connectivity index (χ1n) is 8.03. The van der Waals surface area contributed by atoms with Gasteiger partial charge in [-0.1, -0.05) is 41.4 Å². The fraction of sp³-hybridized carbons (Fsp3) is 0.222. The van der Waals surface area contributed by atoms with Gasteiger partial charge in [0.15, 0.2) is 0 Å². The Kier molecular flexibility index (Phi) is 5.78. The number of phenolic OH excluding ortho intramolecular Hbond substituents is 1. The maximum absolute atomic E-state index is 12.3. The summed E-state index contributed by atoms with van der Waals surface area (Å²) in [7, 11) is 0. The highest BCUT2D eigenvalue weighted by molar-refractivity contribution is 6.42. The third-order valence-corrected chi connectivity index (χ3v) is 4.90. The van der Waals surface area contributed by atoms with E-state index in [-0.39, 0.29) is 17.7 Å². The highest BCUT2D eigenvalue weighted by Crippen LogP contribution is 2.29. The average Bonchev–Trinajstić information content (AvgIpc) is 3.12. The Balaban J connectivity index is 1.61. The van der Waals surface area contributed by atoms with Gasteiger partial charge in [-0.3, -0.25) is 4.79 Å². The molecule has 4 N–H and O–H groups in total. The standard InChI is InChI=1S/C18H18Cl2N4O2/c1-10(11-3-2-4-13(25)7-11)21-24-18(26)17-9-16(22-23-17)12-5-6-14(19)15(20)8-12/h2-8,16-17,22-23,25H,9H2,1H3,(H,24,26)/b21-10-. The van der Waals surface area contributed by atoms with E-state index in [4.69, 9.17) is 23.2 Å². The van der Waals surface area contributed by atoms with Crippen LogP contribution in [0.3, 0.4) is 0 Å². The van der Waals surface area contributed by atoms with E-state index in [1.54, 1.807) is 43.3 Å². The second kappa shape index (κ2) is 8.05. The quantitative estimate of drug-likeness (QED) is 0.475. The highest BCUT2D eigenvalue weighted by atomic mass is 35.5. The zero-order valence-corrected chi connectivity index (χ0v) is 15.5. The van der Waals surface area contributed by atoms with Gasteiger partial charge in [0.25, 0.3) is 5.91 Å². The molecule has 1 aliphatic rings. The average molecular weight is 393 g/mol. The van der Waals surface area contributed by atoms with Gasteiger partial charge >= 0.3 is 0 Å². The molecule has 1 heterocycles. The van der Waals surface area contributed by atoms with Crippen LogP contribution in [0.5, 0.6) is 5.75 Å². The molecule has 0 bridgehead atoms. The molecule has 2 aromatic carbocycles. The van der Waals surface area contributed by atoms with Crippen molar-refractivity contribution in [3.05, 3.63) is 63.6 Å². The molecule has 2 atom stereocenters. The van der Waals surface area contributed by atoms with Crippen molar-refractivity contribution in [2.24, 2.45) is 5.10 Å². The molecule has 136 valence electrons. The van der Waals surface area contributed by atoms with Crippen LogP contribution in [0.25, 0.3) is 0 Å². The van der Waals surface area contributed by atoms with Crippen molar-refractivity contribution in [3.63, 3.8) is 0 Å². The first-order chi connectivity index (χ1) is 12.4. The van der Waals surface area contributed by atoms with E-state index in [1.165, 1.54) is 0 Å². The molecule has 26 heavy (non-hydrogen) atoms. The van der Waals surface area contributed by atoms with Crippen LogP contribution in [0.1, 0.15) is 30.5 Å². The number of halogens is 2. The van der Waals surface area contributed by atoms with Gasteiger partial charge in [-0.05, 0) is 43.2 Å². The van der Waals surface area contributed by atoms with Crippen LogP contribution >= 0.6 is 23.2 Å². The number of phenols is 1. The number of benzene rings is 2. The minimum Gasteiger partial charge on any atom is -0.508 e. The number of nitrogens with one attached hydrogen (secondary N) is 3. The van der Waals surface area contributed by atoms with Crippen molar-refractivity contribution < 1.29 is 9.90 Å². The lowest BCUT2D eigenvalue weighted by Gasteiger charge is -2.10. The van der Waals surface area contributed by atoms with Gasteiger partial charge < -0.3 is 5.11 Å². The molecule has 8 heteroatoms. The number of hydrazone groups is 1. The number of hydrogen-bond donors (Lipinski definition) is 4. The number of carbonyl (C=O) groups is 1. The molecule has 0 spiro atoms. The molecule has 0 aromatic heterocycles. The molecule has 1 amide bonds. The molecule has 1 saturated heterocycles. The van der Waals surface area contributed by atoms with Crippen LogP contribution in [-0.4, -0.2) is 22.8 Å². The second-order valence-electron chi connectivity index (χ2n) is 6.03. The Morgan fingerprint density at radius 1 is 1.19 bits per heavy atom. The Morgan fingerprint density at radius 3 is 2.73 bits per heavy atom. The van der Waals surface area contributed by atoms with Crippen LogP contribution in [-0.2, 0) is 4.79 Å². The Labute approximate surface area is 161 Å². The molecule has 3 rings (SSSR count). The summed E-state index contributed by atoms with van der Waals surface area (Å²) in [4.78, 5) is 12.3. The van der Waals surface area contributed by atoms with Crippen LogP contribution in [0.2, 0.25) is 10.0 Å². The number of hydrogen-bond acceptors (Lipinski definition) is 5. The smallest absolute Gasteiger partial charge is 0.258 e. The van der Waals surface area contributed by atoms with Gasteiger partial charge in [-0.25, -0.2) is 16.3 Å². The Morgan fingerprint density at radius 2 is 2.00 bits per heavy atom. The third kappa shape index (κ3) is 4.34. The monoisotopic (exact) mass is 392 g/mol. The lowest BCUT2D eigenvalue weighted by molar-refractivity contribution is -0.122. The number of aromatic hydroxyl groups is 1. The largest absolute Gasteiger partial charge is 0.508 e. The summed E-state index contributed by atoms with van der Waals surface area (Å²) in [6.07, 6.45) is 0.546. The van der Waals surface area contributed by atoms with Crippen molar-refractivity contribution in [1.29, 1.82) is 0 Å². The third-order valence-electron chi connectivity index (χ3n) is 4.16. The van der Waals surface area contributed by atoms with Crippen LogP contribution in [0.15, 0.2) is 47.6 Å². The van der Waals surface area contributed by atoms with E-state index >= 15 is 0 Å². The molecule has 0 saturated carbocycles. The molecular formula is C18H18Cl2N4O2. The molecule has 2 aromatic rings. The fourth-order valence-corrected chi connectivity index (χ4v) is 2.99. The summed E-state index contributed by atoms with van der Waals surface area (Å²) in [5, 5.41) is 14.6. The van der Waals surface area contributed by atoms with Gasteiger partial charge in [0.05, 0.1) is 15.8 Å². The van der Waals surface area contributed by atoms with Crippen molar-refractivity contribution in [3.8, 4) is 5.75 Å². The predicted octanol–water partition coefficient (Wildman–Crippen LogP) is 3.15. The van der Waals surface area contributed by atoms with Crippen LogP contribution in [0, 0.1) is 0 Å². The lowest BCUT2D eigenvalue weighted by atomic mass is 10.0. The highest BCUT2D eigenvalue weighted by Gasteiger charge is 2.30. The summed E-state index contributed by atoms with van der Waals surface area (Å²) in [5.74, 6) is -0.103. The zero-order chi connectivity index (χ0) is 18.7. The first kappa shape index (κ1) is 18.7. The molecule has 0 aliphatic carbocycles. The van der Waals surface area contributed by atoms with Crippen molar-refractivity contribution in [2.45, 2.75) is 25.4 Å². The number of rotatable bonds is 4. The summed E-state index contributed by atoms with van der Waals surface area (Å²) in [6, 6.07) is 11.6. The van der Waals surface area contributed by atoms with Crippen molar-refractivity contribution in [2.75, 3.05) is 0 Å². The Hall–Kier alpha value is -2.12. The minimum atomic E-state index is -0.435. The van der Waals surface area contributed by atoms with E-state index in [0.29, 0.717) is 22.2 Å². The molecule has 1 fully saturated rings. The molecule has 1 aliphatic heterocycles. The summed E-state index contributed by atoms with van der Waals surface area (Å²) in [5.41, 5.74) is 10.9. The summed E-state index contributed by atoms with van der Waals surface area (Å²) < 4.78 is 0. The zero-order valence-electron chi connectivity index (χ0n) is 14.0. The van der Waals surface area contributed by atoms with Crippen LogP contribution in [0.4, 0.5) is 0 Å². The van der Waals surface area contributed by atoms with E-state index in [9.17, 15) is 9.90 Å². The van der Waals surface area contributed by atoms with Gasteiger partial charge in [-0.15, -0.1) is 0 Å². The number of nitrogens with zero attached hydrogens (tertiary/aromatic N) is 1. The number of carbonyl (C=O) groups excluding carboxylic acids is 1. The van der Waals surface area contributed by atoms with Gasteiger partial charge in [0.2, 0.25) is 0 Å². The second-order valence-corrected chi connectivity index (χ2v) is 6.84. The van der Waals surface area contributed by atoms with Crippen molar-refractivity contribution >= 4 is 34.8 Å². The molecular weight excluding hydrogens is 375 g/mol.